The van der Waals surface area contributed by atoms with Crippen molar-refractivity contribution in [2.45, 2.75) is 32.1 Å². The van der Waals surface area contributed by atoms with Crippen LogP contribution in [0.15, 0.2) is 17.0 Å². The zero-order chi connectivity index (χ0) is 10.9. The third kappa shape index (κ3) is 5.17. The van der Waals surface area contributed by atoms with Gasteiger partial charge in [0.1, 0.15) is 12.0 Å². The minimum Gasteiger partial charge on any atom is -0.363 e. The molecule has 5 nitrogen and oxygen atoms in total. The molecule has 0 spiro atoms. The lowest BCUT2D eigenvalue weighted by atomic mass is 10.1. The molecule has 84 valence electrons. The molecule has 0 unspecified atom stereocenters. The number of carbonyl (C=O) groups excluding carboxylic acids is 1. The molecule has 0 aromatic carbocycles. The number of hydrogen-bond acceptors (Lipinski definition) is 4. The van der Waals surface area contributed by atoms with Crippen LogP contribution in [0.3, 0.4) is 0 Å². The van der Waals surface area contributed by atoms with E-state index in [1.807, 2.05) is 0 Å². The van der Waals surface area contributed by atoms with E-state index < -0.39 is 0 Å². The summed E-state index contributed by atoms with van der Waals surface area (Å²) in [6.07, 6.45) is 7.50. The molecule has 0 aliphatic heterocycles. The Bertz CT molecular complexity index is 272. The highest BCUT2D eigenvalue weighted by Crippen LogP contribution is 2.07. The van der Waals surface area contributed by atoms with Crippen molar-refractivity contribution in [1.82, 2.24) is 5.16 Å². The first kappa shape index (κ1) is 11.7. The van der Waals surface area contributed by atoms with Gasteiger partial charge in [-0.2, -0.15) is 0 Å². The summed E-state index contributed by atoms with van der Waals surface area (Å²) in [6, 6.07) is 0. The SMILES string of the molecule is NCCCCCCC(=O)Nc1cnoc1. The second-order valence-corrected chi connectivity index (χ2v) is 3.41. The van der Waals surface area contributed by atoms with Gasteiger partial charge >= 0.3 is 0 Å². The van der Waals surface area contributed by atoms with Crippen molar-refractivity contribution in [3.63, 3.8) is 0 Å². The van der Waals surface area contributed by atoms with E-state index in [0.29, 0.717) is 12.1 Å². The zero-order valence-electron chi connectivity index (χ0n) is 8.74. The van der Waals surface area contributed by atoms with Gasteiger partial charge in [-0.3, -0.25) is 4.79 Å². The summed E-state index contributed by atoms with van der Waals surface area (Å²) in [7, 11) is 0. The Hall–Kier alpha value is -1.36. The number of anilines is 1. The average Bonchev–Trinajstić information content (AvgIpc) is 2.70. The first-order chi connectivity index (χ1) is 7.33. The summed E-state index contributed by atoms with van der Waals surface area (Å²) in [5.41, 5.74) is 5.98. The molecule has 1 heterocycles. The van der Waals surface area contributed by atoms with Gasteiger partial charge in [0.2, 0.25) is 5.91 Å². The molecule has 0 aliphatic rings. The van der Waals surface area contributed by atoms with Crippen molar-refractivity contribution in [3.8, 4) is 0 Å². The highest BCUT2D eigenvalue weighted by atomic mass is 16.5. The van der Waals surface area contributed by atoms with E-state index in [-0.39, 0.29) is 5.91 Å². The molecular weight excluding hydrogens is 194 g/mol. The predicted molar refractivity (Wildman–Crippen MR) is 57.3 cm³/mol. The number of hydrogen-bond donors (Lipinski definition) is 2. The van der Waals surface area contributed by atoms with E-state index in [1.54, 1.807) is 0 Å². The summed E-state index contributed by atoms with van der Waals surface area (Å²) >= 11 is 0. The van der Waals surface area contributed by atoms with Crippen molar-refractivity contribution < 1.29 is 9.32 Å². The number of amides is 1. The summed E-state index contributed by atoms with van der Waals surface area (Å²) in [6.45, 7) is 0.729. The molecule has 1 rings (SSSR count). The Morgan fingerprint density at radius 1 is 1.40 bits per heavy atom. The molecule has 0 atom stereocenters. The van der Waals surface area contributed by atoms with Crippen LogP contribution in [0.4, 0.5) is 5.69 Å². The fourth-order valence-electron chi connectivity index (χ4n) is 1.27. The number of aromatic nitrogens is 1. The van der Waals surface area contributed by atoms with E-state index in [0.717, 1.165) is 32.2 Å². The first-order valence-electron chi connectivity index (χ1n) is 5.22. The van der Waals surface area contributed by atoms with Gasteiger partial charge < -0.3 is 15.6 Å². The van der Waals surface area contributed by atoms with Crippen LogP contribution in [0, 0.1) is 0 Å². The summed E-state index contributed by atoms with van der Waals surface area (Å²) in [5, 5.41) is 6.19. The third-order valence-electron chi connectivity index (χ3n) is 2.07. The monoisotopic (exact) mass is 211 g/mol. The lowest BCUT2D eigenvalue weighted by Crippen LogP contribution is -2.10. The molecule has 15 heavy (non-hydrogen) atoms. The maximum absolute atomic E-state index is 11.3. The van der Waals surface area contributed by atoms with Crippen molar-refractivity contribution in [2.24, 2.45) is 5.73 Å². The van der Waals surface area contributed by atoms with E-state index in [2.05, 4.69) is 15.0 Å². The van der Waals surface area contributed by atoms with Gasteiger partial charge in [-0.05, 0) is 19.4 Å². The van der Waals surface area contributed by atoms with Gasteiger partial charge in [-0.25, -0.2) is 0 Å². The van der Waals surface area contributed by atoms with Crippen molar-refractivity contribution in [3.05, 3.63) is 12.5 Å². The van der Waals surface area contributed by atoms with Gasteiger partial charge in [-0.1, -0.05) is 18.0 Å². The molecule has 0 bridgehead atoms. The Morgan fingerprint density at radius 3 is 2.87 bits per heavy atom. The van der Waals surface area contributed by atoms with Crippen LogP contribution in [-0.2, 0) is 4.79 Å². The molecule has 0 radical (unpaired) electrons. The fourth-order valence-corrected chi connectivity index (χ4v) is 1.27. The molecule has 3 N–H and O–H groups in total. The fraction of sp³-hybridized carbons (Fsp3) is 0.600. The lowest BCUT2D eigenvalue weighted by molar-refractivity contribution is -0.116. The topological polar surface area (TPSA) is 81.2 Å². The Labute approximate surface area is 89.0 Å². The minimum atomic E-state index is 0.00551. The Morgan fingerprint density at radius 2 is 2.20 bits per heavy atom. The highest BCUT2D eigenvalue weighted by Gasteiger charge is 2.02. The molecule has 0 saturated carbocycles. The maximum Gasteiger partial charge on any atom is 0.224 e. The molecule has 1 amide bonds. The van der Waals surface area contributed by atoms with E-state index in [9.17, 15) is 4.79 Å². The normalized spacial score (nSPS) is 10.2. The number of unbranched alkanes of at least 4 members (excludes halogenated alkanes) is 3. The van der Waals surface area contributed by atoms with E-state index in [1.165, 1.54) is 12.5 Å². The summed E-state index contributed by atoms with van der Waals surface area (Å²) in [5.74, 6) is 0.00551. The van der Waals surface area contributed by atoms with Crippen LogP contribution in [-0.4, -0.2) is 17.6 Å². The third-order valence-corrected chi connectivity index (χ3v) is 2.07. The van der Waals surface area contributed by atoms with Gasteiger partial charge in [0.05, 0.1) is 6.20 Å². The first-order valence-corrected chi connectivity index (χ1v) is 5.22. The van der Waals surface area contributed by atoms with Gasteiger partial charge in [-0.15, -0.1) is 0 Å². The van der Waals surface area contributed by atoms with Crippen molar-refractivity contribution in [2.75, 3.05) is 11.9 Å². The second kappa shape index (κ2) is 7.00. The molecule has 0 fully saturated rings. The molecule has 5 heteroatoms. The Kier molecular flexibility index (Phi) is 5.47. The lowest BCUT2D eigenvalue weighted by Gasteiger charge is -2.01. The van der Waals surface area contributed by atoms with Crippen LogP contribution in [0.1, 0.15) is 32.1 Å². The van der Waals surface area contributed by atoms with E-state index >= 15 is 0 Å². The van der Waals surface area contributed by atoms with Gasteiger partial charge in [0.25, 0.3) is 0 Å². The summed E-state index contributed by atoms with van der Waals surface area (Å²) in [4.78, 5) is 11.3. The number of nitrogens with two attached hydrogens (primary N) is 1. The molecular formula is C10H17N3O2. The van der Waals surface area contributed by atoms with Gasteiger partial charge in [0, 0.05) is 6.42 Å². The zero-order valence-corrected chi connectivity index (χ0v) is 8.74. The average molecular weight is 211 g/mol. The molecule has 0 saturated heterocycles. The Balaban J connectivity index is 2.04. The largest absolute Gasteiger partial charge is 0.363 e. The number of carbonyl (C=O) groups is 1. The van der Waals surface area contributed by atoms with Crippen LogP contribution < -0.4 is 11.1 Å². The summed E-state index contributed by atoms with van der Waals surface area (Å²) < 4.78 is 4.59. The molecule has 0 aliphatic carbocycles. The standard InChI is InChI=1S/C10H17N3O2/c11-6-4-2-1-3-5-10(14)13-9-7-12-15-8-9/h7-8H,1-6,11H2,(H,13,14). The quantitative estimate of drug-likeness (QED) is 0.670. The number of nitrogens with zero attached hydrogens (tertiary/aromatic N) is 1. The molecule has 1 aromatic heterocycles. The van der Waals surface area contributed by atoms with Crippen molar-refractivity contribution in [1.29, 1.82) is 0 Å². The number of nitrogens with one attached hydrogen (secondary N) is 1. The minimum absolute atomic E-state index is 0.00551. The van der Waals surface area contributed by atoms with Gasteiger partial charge in [0.15, 0.2) is 0 Å². The van der Waals surface area contributed by atoms with Crippen LogP contribution in [0.25, 0.3) is 0 Å². The highest BCUT2D eigenvalue weighted by molar-refractivity contribution is 5.90. The van der Waals surface area contributed by atoms with Crippen molar-refractivity contribution >= 4 is 11.6 Å². The second-order valence-electron chi connectivity index (χ2n) is 3.41. The van der Waals surface area contributed by atoms with Crippen LogP contribution in [0.5, 0.6) is 0 Å². The maximum atomic E-state index is 11.3. The predicted octanol–water partition coefficient (Wildman–Crippen LogP) is 1.52. The van der Waals surface area contributed by atoms with E-state index in [4.69, 9.17) is 5.73 Å². The van der Waals surface area contributed by atoms with Crippen LogP contribution in [0.2, 0.25) is 0 Å². The van der Waals surface area contributed by atoms with Crippen LogP contribution >= 0.6 is 0 Å². The molecule has 1 aromatic rings. The smallest absolute Gasteiger partial charge is 0.224 e. The number of rotatable bonds is 7.